The highest BCUT2D eigenvalue weighted by atomic mass is 35.5. The summed E-state index contributed by atoms with van der Waals surface area (Å²) in [5, 5.41) is 10.5. The second-order valence-corrected chi connectivity index (χ2v) is 4.38. The summed E-state index contributed by atoms with van der Waals surface area (Å²) in [6, 6.07) is 5.75. The first-order valence-corrected chi connectivity index (χ1v) is 5.99. The smallest absolute Gasteiger partial charge is 0.303 e. The zero-order valence-electron chi connectivity index (χ0n) is 9.61. The summed E-state index contributed by atoms with van der Waals surface area (Å²) >= 11 is 6.18. The van der Waals surface area contributed by atoms with Crippen LogP contribution in [0, 0.1) is 0 Å². The summed E-state index contributed by atoms with van der Waals surface area (Å²) in [5.41, 5.74) is 2.05. The predicted molar refractivity (Wildman–Crippen MR) is 68.6 cm³/mol. The van der Waals surface area contributed by atoms with Crippen LogP contribution in [0.3, 0.4) is 0 Å². The normalized spacial score (nSPS) is 10.9. The van der Waals surface area contributed by atoms with Crippen LogP contribution < -0.4 is 0 Å². The van der Waals surface area contributed by atoms with E-state index in [4.69, 9.17) is 16.7 Å². The largest absolute Gasteiger partial charge is 0.481 e. The Hall–Kier alpha value is -1.48. The summed E-state index contributed by atoms with van der Waals surface area (Å²) < 4.78 is 2.06. The lowest BCUT2D eigenvalue weighted by atomic mass is 10.1. The number of rotatable bonds is 4. The first-order chi connectivity index (χ1) is 8.13. The molecule has 90 valence electrons. The van der Waals surface area contributed by atoms with Crippen LogP contribution in [0.2, 0.25) is 5.02 Å². The number of aryl methyl sites for hydroxylation is 2. The number of benzene rings is 1. The molecule has 17 heavy (non-hydrogen) atoms. The van der Waals surface area contributed by atoms with Crippen LogP contribution in [-0.2, 0) is 17.8 Å². The number of carboxylic acids is 1. The highest BCUT2D eigenvalue weighted by Crippen LogP contribution is 2.28. The molecule has 0 aliphatic rings. The van der Waals surface area contributed by atoms with Gasteiger partial charge in [0.15, 0.2) is 0 Å². The molecular formula is C13H14ClNO2. The molecule has 0 radical (unpaired) electrons. The number of carboxylic acid groups (broad SMARTS) is 1. The van der Waals surface area contributed by atoms with E-state index in [1.165, 1.54) is 0 Å². The quantitative estimate of drug-likeness (QED) is 0.906. The average Bonchev–Trinajstić information content (AvgIpc) is 2.66. The Kier molecular flexibility index (Phi) is 3.38. The van der Waals surface area contributed by atoms with Crippen molar-refractivity contribution in [3.8, 4) is 0 Å². The van der Waals surface area contributed by atoms with Crippen LogP contribution in [0.25, 0.3) is 10.9 Å². The molecule has 0 unspecified atom stereocenters. The van der Waals surface area contributed by atoms with Gasteiger partial charge < -0.3 is 9.67 Å². The van der Waals surface area contributed by atoms with Crippen molar-refractivity contribution in [3.05, 3.63) is 35.0 Å². The minimum Gasteiger partial charge on any atom is -0.481 e. The van der Waals surface area contributed by atoms with Crippen molar-refractivity contribution >= 4 is 28.5 Å². The Balaban J connectivity index is 2.50. The monoisotopic (exact) mass is 251 g/mol. The first-order valence-electron chi connectivity index (χ1n) is 5.61. The molecule has 3 nitrogen and oxygen atoms in total. The van der Waals surface area contributed by atoms with Crippen molar-refractivity contribution in [1.29, 1.82) is 0 Å². The molecule has 0 fully saturated rings. The third-order valence-corrected chi connectivity index (χ3v) is 3.19. The maximum absolute atomic E-state index is 10.6. The van der Waals surface area contributed by atoms with Gasteiger partial charge in [0.05, 0.1) is 10.5 Å². The molecule has 0 spiro atoms. The topological polar surface area (TPSA) is 42.2 Å². The fourth-order valence-electron chi connectivity index (χ4n) is 2.08. The number of aromatic nitrogens is 1. The number of halogens is 1. The van der Waals surface area contributed by atoms with Crippen molar-refractivity contribution in [3.63, 3.8) is 0 Å². The Morgan fingerprint density at radius 1 is 1.47 bits per heavy atom. The average molecular weight is 252 g/mol. The lowest BCUT2D eigenvalue weighted by molar-refractivity contribution is -0.136. The van der Waals surface area contributed by atoms with E-state index in [1.54, 1.807) is 0 Å². The highest BCUT2D eigenvalue weighted by Gasteiger charge is 2.11. The summed E-state index contributed by atoms with van der Waals surface area (Å²) in [5.74, 6) is -0.774. The van der Waals surface area contributed by atoms with E-state index in [0.29, 0.717) is 11.4 Å². The van der Waals surface area contributed by atoms with Crippen molar-refractivity contribution in [2.75, 3.05) is 0 Å². The molecule has 0 amide bonds. The lowest BCUT2D eigenvalue weighted by Gasteiger charge is -2.01. The number of para-hydroxylation sites is 1. The van der Waals surface area contributed by atoms with Gasteiger partial charge in [-0.2, -0.15) is 0 Å². The van der Waals surface area contributed by atoms with E-state index < -0.39 is 5.97 Å². The van der Waals surface area contributed by atoms with Crippen LogP contribution in [0.1, 0.15) is 18.9 Å². The summed E-state index contributed by atoms with van der Waals surface area (Å²) in [6.45, 7) is 2.87. The highest BCUT2D eigenvalue weighted by molar-refractivity contribution is 6.35. The number of nitrogens with zero attached hydrogens (tertiary/aromatic N) is 1. The Morgan fingerprint density at radius 2 is 2.24 bits per heavy atom. The summed E-state index contributed by atoms with van der Waals surface area (Å²) in [6.07, 6.45) is 2.69. The molecule has 1 N–H and O–H groups in total. The Morgan fingerprint density at radius 3 is 2.88 bits per heavy atom. The molecule has 1 aromatic carbocycles. The van der Waals surface area contributed by atoms with Crippen LogP contribution in [0.4, 0.5) is 0 Å². The summed E-state index contributed by atoms with van der Waals surface area (Å²) in [7, 11) is 0. The van der Waals surface area contributed by atoms with Gasteiger partial charge in [0.25, 0.3) is 0 Å². The molecule has 4 heteroatoms. The third kappa shape index (κ3) is 2.29. The maximum atomic E-state index is 10.6. The van der Waals surface area contributed by atoms with Crippen LogP contribution in [0.15, 0.2) is 24.4 Å². The molecule has 2 aromatic rings. The molecule has 0 saturated carbocycles. The third-order valence-electron chi connectivity index (χ3n) is 2.88. The van der Waals surface area contributed by atoms with Gasteiger partial charge in [-0.3, -0.25) is 4.79 Å². The molecule has 0 bridgehead atoms. The van der Waals surface area contributed by atoms with E-state index >= 15 is 0 Å². The molecule has 0 aliphatic carbocycles. The Bertz CT molecular complexity index is 560. The SMILES string of the molecule is CCn1cc(CCC(=O)O)c2cccc(Cl)c21. The second kappa shape index (κ2) is 4.80. The molecule has 0 aliphatic heterocycles. The standard InChI is InChI=1S/C13H14ClNO2/c1-2-15-8-9(6-7-12(16)17)10-4-3-5-11(14)13(10)15/h3-5,8H,2,6-7H2,1H3,(H,16,17). The maximum Gasteiger partial charge on any atom is 0.303 e. The first kappa shape index (κ1) is 12.0. The minimum atomic E-state index is -0.774. The van der Waals surface area contributed by atoms with Gasteiger partial charge in [0, 0.05) is 24.5 Å². The molecule has 1 heterocycles. The number of aliphatic carboxylic acids is 1. The van der Waals surface area contributed by atoms with Crippen LogP contribution in [0.5, 0.6) is 0 Å². The van der Waals surface area contributed by atoms with E-state index in [-0.39, 0.29) is 6.42 Å². The van der Waals surface area contributed by atoms with Crippen molar-refractivity contribution in [1.82, 2.24) is 4.57 Å². The second-order valence-electron chi connectivity index (χ2n) is 3.97. The number of hydrogen-bond donors (Lipinski definition) is 1. The molecular weight excluding hydrogens is 238 g/mol. The Labute approximate surface area is 105 Å². The molecule has 0 saturated heterocycles. The van der Waals surface area contributed by atoms with Gasteiger partial charge in [0.2, 0.25) is 0 Å². The zero-order valence-corrected chi connectivity index (χ0v) is 10.4. The van der Waals surface area contributed by atoms with Crippen molar-refractivity contribution in [2.24, 2.45) is 0 Å². The fraction of sp³-hybridized carbons (Fsp3) is 0.308. The van der Waals surface area contributed by atoms with E-state index in [0.717, 1.165) is 23.0 Å². The zero-order chi connectivity index (χ0) is 12.4. The fourth-order valence-corrected chi connectivity index (χ4v) is 2.36. The van der Waals surface area contributed by atoms with Gasteiger partial charge in [-0.15, -0.1) is 0 Å². The summed E-state index contributed by atoms with van der Waals surface area (Å²) in [4.78, 5) is 10.6. The minimum absolute atomic E-state index is 0.148. The number of carbonyl (C=O) groups is 1. The van der Waals surface area contributed by atoms with Crippen LogP contribution in [-0.4, -0.2) is 15.6 Å². The van der Waals surface area contributed by atoms with Crippen molar-refractivity contribution in [2.45, 2.75) is 26.3 Å². The van der Waals surface area contributed by atoms with Gasteiger partial charge >= 0.3 is 5.97 Å². The molecule has 1 aromatic heterocycles. The van der Waals surface area contributed by atoms with E-state index in [2.05, 4.69) is 4.57 Å². The lowest BCUT2D eigenvalue weighted by Crippen LogP contribution is -1.97. The van der Waals surface area contributed by atoms with Gasteiger partial charge in [-0.25, -0.2) is 0 Å². The van der Waals surface area contributed by atoms with Gasteiger partial charge in [-0.1, -0.05) is 23.7 Å². The molecule has 2 rings (SSSR count). The van der Waals surface area contributed by atoms with E-state index in [1.807, 2.05) is 31.3 Å². The molecule has 0 atom stereocenters. The van der Waals surface area contributed by atoms with E-state index in [9.17, 15) is 4.79 Å². The number of fused-ring (bicyclic) bond motifs is 1. The van der Waals surface area contributed by atoms with Gasteiger partial charge in [-0.05, 0) is 25.0 Å². The number of hydrogen-bond acceptors (Lipinski definition) is 1. The van der Waals surface area contributed by atoms with Gasteiger partial charge in [0.1, 0.15) is 0 Å². The van der Waals surface area contributed by atoms with Crippen molar-refractivity contribution < 1.29 is 9.90 Å². The predicted octanol–water partition coefficient (Wildman–Crippen LogP) is 3.33. The van der Waals surface area contributed by atoms with Crippen LogP contribution >= 0.6 is 11.6 Å².